The number of hydrogen-bond donors (Lipinski definition) is 2. The molecule has 1 aromatic heterocycles. The summed E-state index contributed by atoms with van der Waals surface area (Å²) in [4.78, 5) is 0. The van der Waals surface area contributed by atoms with Gasteiger partial charge in [-0.1, -0.05) is 24.3 Å². The lowest BCUT2D eigenvalue weighted by Crippen LogP contribution is -2.05. The number of aromatic nitrogens is 1. The van der Waals surface area contributed by atoms with E-state index in [0.717, 1.165) is 16.2 Å². The molecule has 0 amide bonds. The lowest BCUT2D eigenvalue weighted by Gasteiger charge is -2.14. The van der Waals surface area contributed by atoms with Crippen LogP contribution in [0, 0.1) is 0 Å². The molecule has 96 valence electrons. The second-order valence-corrected chi connectivity index (χ2v) is 5.33. The minimum atomic E-state index is 0.226. The molecular formula is C15H15N3S. The van der Waals surface area contributed by atoms with Gasteiger partial charge in [-0.15, -0.1) is 0 Å². The second kappa shape index (κ2) is 4.90. The van der Waals surface area contributed by atoms with Gasteiger partial charge in [0, 0.05) is 17.1 Å². The van der Waals surface area contributed by atoms with Crippen molar-refractivity contribution in [1.29, 1.82) is 0 Å². The highest BCUT2D eigenvalue weighted by molar-refractivity contribution is 7.11. The van der Waals surface area contributed by atoms with Crippen LogP contribution >= 0.6 is 11.5 Å². The highest BCUT2D eigenvalue weighted by Gasteiger charge is 2.09. The lowest BCUT2D eigenvalue weighted by molar-refractivity contribution is 0.891. The number of anilines is 2. The van der Waals surface area contributed by atoms with Gasteiger partial charge in [-0.05, 0) is 48.3 Å². The average molecular weight is 269 g/mol. The molecule has 0 aliphatic rings. The van der Waals surface area contributed by atoms with Crippen molar-refractivity contribution in [3.05, 3.63) is 54.1 Å². The zero-order chi connectivity index (χ0) is 13.2. The monoisotopic (exact) mass is 269 g/mol. The van der Waals surface area contributed by atoms with Crippen LogP contribution in [0.5, 0.6) is 0 Å². The summed E-state index contributed by atoms with van der Waals surface area (Å²) < 4.78 is 4.44. The molecule has 19 heavy (non-hydrogen) atoms. The fourth-order valence-corrected chi connectivity index (χ4v) is 2.91. The number of fused-ring (bicyclic) bond motifs is 1. The number of hydrogen-bond acceptors (Lipinski definition) is 4. The number of nitrogen functional groups attached to an aromatic ring is 1. The summed E-state index contributed by atoms with van der Waals surface area (Å²) in [7, 11) is 0. The van der Waals surface area contributed by atoms with Gasteiger partial charge >= 0.3 is 0 Å². The lowest BCUT2D eigenvalue weighted by atomic mass is 10.1. The topological polar surface area (TPSA) is 50.9 Å². The first-order valence-corrected chi connectivity index (χ1v) is 6.98. The van der Waals surface area contributed by atoms with Crippen LogP contribution in [0.3, 0.4) is 0 Å². The molecule has 0 radical (unpaired) electrons. The normalized spacial score (nSPS) is 12.5. The Morgan fingerprint density at radius 2 is 1.84 bits per heavy atom. The van der Waals surface area contributed by atoms with Crippen molar-refractivity contribution in [3.8, 4) is 0 Å². The summed E-state index contributed by atoms with van der Waals surface area (Å²) in [5.41, 5.74) is 8.76. The van der Waals surface area contributed by atoms with Gasteiger partial charge in [-0.3, -0.25) is 0 Å². The van der Waals surface area contributed by atoms with Crippen LogP contribution in [0.1, 0.15) is 18.5 Å². The summed E-state index contributed by atoms with van der Waals surface area (Å²) in [6.45, 7) is 2.14. The minimum Gasteiger partial charge on any atom is -0.399 e. The van der Waals surface area contributed by atoms with Gasteiger partial charge in [0.1, 0.15) is 5.00 Å². The molecule has 1 unspecified atom stereocenters. The van der Waals surface area contributed by atoms with Crippen molar-refractivity contribution in [2.75, 3.05) is 11.1 Å². The number of rotatable bonds is 3. The van der Waals surface area contributed by atoms with E-state index >= 15 is 0 Å². The summed E-state index contributed by atoms with van der Waals surface area (Å²) in [6, 6.07) is 16.4. The van der Waals surface area contributed by atoms with Crippen molar-refractivity contribution >= 4 is 33.1 Å². The van der Waals surface area contributed by atoms with Gasteiger partial charge in [0.25, 0.3) is 0 Å². The summed E-state index contributed by atoms with van der Waals surface area (Å²) in [5.74, 6) is 0. The van der Waals surface area contributed by atoms with E-state index in [2.05, 4.69) is 34.8 Å². The van der Waals surface area contributed by atoms with E-state index in [4.69, 9.17) is 5.73 Å². The smallest absolute Gasteiger partial charge is 0.117 e. The van der Waals surface area contributed by atoms with Gasteiger partial charge in [-0.2, -0.15) is 4.37 Å². The molecule has 3 aromatic rings. The van der Waals surface area contributed by atoms with Crippen molar-refractivity contribution in [2.24, 2.45) is 0 Å². The van der Waals surface area contributed by atoms with E-state index in [1.807, 2.05) is 30.3 Å². The van der Waals surface area contributed by atoms with E-state index in [1.54, 1.807) is 0 Å². The Balaban J connectivity index is 1.86. The van der Waals surface area contributed by atoms with Crippen LogP contribution in [0.25, 0.3) is 10.9 Å². The Labute approximate surface area is 116 Å². The van der Waals surface area contributed by atoms with E-state index in [0.29, 0.717) is 0 Å². The molecule has 4 heteroatoms. The van der Waals surface area contributed by atoms with E-state index in [9.17, 15) is 0 Å². The fraction of sp³-hybridized carbons (Fsp3) is 0.133. The molecule has 0 aliphatic heterocycles. The van der Waals surface area contributed by atoms with Crippen molar-refractivity contribution in [1.82, 2.24) is 4.37 Å². The molecule has 0 aliphatic carbocycles. The van der Waals surface area contributed by atoms with Crippen LogP contribution in [0.15, 0.2) is 48.5 Å². The standard InChI is InChI=1S/C15H15N3S/c1-10(11-6-8-12(16)9-7-11)17-15-13-4-2-3-5-14(13)18-19-15/h2-10,17H,16H2,1H3. The maximum atomic E-state index is 5.71. The number of benzene rings is 2. The van der Waals surface area contributed by atoms with E-state index < -0.39 is 0 Å². The fourth-order valence-electron chi connectivity index (χ4n) is 2.06. The molecule has 0 bridgehead atoms. The Bertz CT molecular complexity index is 688. The SMILES string of the molecule is CC(Nc1snc2ccccc12)c1ccc(N)cc1. The maximum Gasteiger partial charge on any atom is 0.117 e. The van der Waals surface area contributed by atoms with Gasteiger partial charge < -0.3 is 11.1 Å². The van der Waals surface area contributed by atoms with Gasteiger partial charge in [0.15, 0.2) is 0 Å². The summed E-state index contributed by atoms with van der Waals surface area (Å²) in [5, 5.41) is 5.80. The first-order chi connectivity index (χ1) is 9.24. The largest absolute Gasteiger partial charge is 0.399 e. The number of nitrogens with zero attached hydrogens (tertiary/aromatic N) is 1. The Hall–Kier alpha value is -2.07. The molecule has 0 saturated carbocycles. The Morgan fingerprint density at radius 1 is 1.11 bits per heavy atom. The van der Waals surface area contributed by atoms with E-state index in [1.165, 1.54) is 22.5 Å². The molecular weight excluding hydrogens is 254 g/mol. The zero-order valence-corrected chi connectivity index (χ0v) is 11.4. The first-order valence-electron chi connectivity index (χ1n) is 6.20. The quantitative estimate of drug-likeness (QED) is 0.705. The molecule has 0 saturated heterocycles. The van der Waals surface area contributed by atoms with Crippen molar-refractivity contribution in [3.63, 3.8) is 0 Å². The first kappa shape index (κ1) is 12.0. The van der Waals surface area contributed by atoms with Crippen LogP contribution in [0.4, 0.5) is 10.7 Å². The maximum absolute atomic E-state index is 5.71. The third kappa shape index (κ3) is 2.39. The average Bonchev–Trinajstić information content (AvgIpc) is 2.83. The van der Waals surface area contributed by atoms with Crippen LogP contribution in [-0.2, 0) is 0 Å². The third-order valence-corrected chi connectivity index (χ3v) is 3.98. The molecule has 3 rings (SSSR count). The zero-order valence-electron chi connectivity index (χ0n) is 10.6. The summed E-state index contributed by atoms with van der Waals surface area (Å²) >= 11 is 1.50. The van der Waals surface area contributed by atoms with Crippen LogP contribution < -0.4 is 11.1 Å². The molecule has 3 nitrogen and oxygen atoms in total. The van der Waals surface area contributed by atoms with E-state index in [-0.39, 0.29) is 6.04 Å². The minimum absolute atomic E-state index is 0.226. The van der Waals surface area contributed by atoms with Gasteiger partial charge in [0.05, 0.1) is 5.52 Å². The molecule has 1 atom stereocenters. The molecule has 1 heterocycles. The van der Waals surface area contributed by atoms with Crippen LogP contribution in [0.2, 0.25) is 0 Å². The van der Waals surface area contributed by atoms with Crippen molar-refractivity contribution in [2.45, 2.75) is 13.0 Å². The number of nitrogens with one attached hydrogen (secondary N) is 1. The highest BCUT2D eigenvalue weighted by atomic mass is 32.1. The number of nitrogens with two attached hydrogens (primary N) is 1. The summed E-state index contributed by atoms with van der Waals surface area (Å²) in [6.07, 6.45) is 0. The highest BCUT2D eigenvalue weighted by Crippen LogP contribution is 2.30. The molecule has 0 fully saturated rings. The van der Waals surface area contributed by atoms with Gasteiger partial charge in [0.2, 0.25) is 0 Å². The third-order valence-electron chi connectivity index (χ3n) is 3.17. The molecule has 3 N–H and O–H groups in total. The second-order valence-electron chi connectivity index (χ2n) is 4.56. The molecule has 2 aromatic carbocycles. The predicted octanol–water partition coefficient (Wildman–Crippen LogP) is 4.05. The molecule has 0 spiro atoms. The Kier molecular flexibility index (Phi) is 3.09. The van der Waals surface area contributed by atoms with Crippen LogP contribution in [-0.4, -0.2) is 4.37 Å². The van der Waals surface area contributed by atoms with Crippen molar-refractivity contribution < 1.29 is 0 Å². The van der Waals surface area contributed by atoms with Gasteiger partial charge in [-0.25, -0.2) is 0 Å². The predicted molar refractivity (Wildman–Crippen MR) is 82.5 cm³/mol. The Morgan fingerprint density at radius 3 is 2.63 bits per heavy atom.